The molecule has 2 saturated heterocycles. The minimum absolute atomic E-state index is 0.0882. The van der Waals surface area contributed by atoms with Crippen LogP contribution in [0.2, 0.25) is 0 Å². The Hall–Kier alpha value is -0.0800. The molecule has 2 aliphatic rings. The van der Waals surface area contributed by atoms with Crippen LogP contribution in [0.4, 0.5) is 0 Å². The average Bonchev–Trinajstić information content (AvgIpc) is 2.24. The molecule has 2 fully saturated rings. The smallest absolute Gasteiger partial charge is 0.0714 e. The van der Waals surface area contributed by atoms with Gasteiger partial charge in [0.25, 0.3) is 0 Å². The Balaban J connectivity index is 2.09. The second-order valence-electron chi connectivity index (χ2n) is 5.96. The van der Waals surface area contributed by atoms with Gasteiger partial charge in [0.2, 0.25) is 0 Å². The van der Waals surface area contributed by atoms with Crippen molar-refractivity contribution in [2.75, 3.05) is 7.11 Å². The number of rotatable bonds is 4. The molecule has 3 atom stereocenters. The van der Waals surface area contributed by atoms with Crippen molar-refractivity contribution < 1.29 is 9.47 Å². The summed E-state index contributed by atoms with van der Waals surface area (Å²) in [5.41, 5.74) is 0.229. The lowest BCUT2D eigenvalue weighted by Crippen LogP contribution is -2.55. The zero-order valence-corrected chi connectivity index (χ0v) is 11.1. The number of hydrogen-bond acceptors (Lipinski definition) is 2. The first-order valence-electron chi connectivity index (χ1n) is 6.84. The van der Waals surface area contributed by atoms with Crippen LogP contribution in [0.25, 0.3) is 0 Å². The molecule has 2 aliphatic heterocycles. The Morgan fingerprint density at radius 1 is 1.31 bits per heavy atom. The van der Waals surface area contributed by atoms with E-state index in [2.05, 4.69) is 13.8 Å². The highest BCUT2D eigenvalue weighted by atomic mass is 16.5. The molecule has 2 heterocycles. The third-order valence-electron chi connectivity index (χ3n) is 4.38. The van der Waals surface area contributed by atoms with Crippen LogP contribution in [0.5, 0.6) is 0 Å². The van der Waals surface area contributed by atoms with E-state index < -0.39 is 0 Å². The summed E-state index contributed by atoms with van der Waals surface area (Å²) in [6.07, 6.45) is 10.2. The highest BCUT2D eigenvalue weighted by Crippen LogP contribution is 2.48. The van der Waals surface area contributed by atoms with Crippen molar-refractivity contribution >= 4 is 0 Å². The molecule has 0 saturated carbocycles. The Bertz CT molecular complexity index is 241. The maximum absolute atomic E-state index is 6.45. The Labute approximate surface area is 99.7 Å². The van der Waals surface area contributed by atoms with Gasteiger partial charge >= 0.3 is 0 Å². The van der Waals surface area contributed by atoms with Gasteiger partial charge in [-0.15, -0.1) is 0 Å². The van der Waals surface area contributed by atoms with Gasteiger partial charge in [0.1, 0.15) is 0 Å². The highest BCUT2D eigenvalue weighted by Gasteiger charge is 2.49. The van der Waals surface area contributed by atoms with Crippen LogP contribution in [-0.2, 0) is 9.47 Å². The summed E-state index contributed by atoms with van der Waals surface area (Å²) in [6, 6.07) is 0. The molecule has 0 aromatic rings. The Morgan fingerprint density at radius 2 is 2.12 bits per heavy atom. The maximum Gasteiger partial charge on any atom is 0.0714 e. The molecule has 0 aromatic carbocycles. The van der Waals surface area contributed by atoms with Crippen LogP contribution < -0.4 is 0 Å². The molecule has 2 bridgehead atoms. The fourth-order valence-electron chi connectivity index (χ4n) is 3.61. The number of ether oxygens (including phenoxy) is 2. The lowest BCUT2D eigenvalue weighted by atomic mass is 9.73. The Kier molecular flexibility index (Phi) is 3.60. The summed E-state index contributed by atoms with van der Waals surface area (Å²) >= 11 is 0. The number of hydrogen-bond donors (Lipinski definition) is 0. The fraction of sp³-hybridized carbons (Fsp3) is 1.00. The van der Waals surface area contributed by atoms with Gasteiger partial charge in [-0.1, -0.05) is 19.8 Å². The van der Waals surface area contributed by atoms with Crippen LogP contribution in [-0.4, -0.2) is 24.4 Å². The zero-order valence-electron chi connectivity index (χ0n) is 11.1. The molecule has 0 radical (unpaired) electrons. The maximum atomic E-state index is 6.45. The fourth-order valence-corrected chi connectivity index (χ4v) is 3.61. The van der Waals surface area contributed by atoms with Gasteiger partial charge in [-0.05, 0) is 32.6 Å². The third-order valence-corrected chi connectivity index (χ3v) is 4.38. The molecule has 94 valence electrons. The first kappa shape index (κ1) is 12.4. The van der Waals surface area contributed by atoms with Crippen molar-refractivity contribution in [1.29, 1.82) is 0 Å². The molecule has 0 N–H and O–H groups in total. The molecule has 16 heavy (non-hydrogen) atoms. The molecule has 0 spiro atoms. The van der Waals surface area contributed by atoms with Crippen LogP contribution >= 0.6 is 0 Å². The van der Waals surface area contributed by atoms with Crippen LogP contribution in [0.15, 0.2) is 0 Å². The monoisotopic (exact) mass is 226 g/mol. The van der Waals surface area contributed by atoms with Crippen LogP contribution in [0, 0.1) is 0 Å². The summed E-state index contributed by atoms with van der Waals surface area (Å²) in [6.45, 7) is 4.54. The number of unbranched alkanes of at least 4 members (excludes halogenated alkanes) is 1. The van der Waals surface area contributed by atoms with Gasteiger partial charge in [0.05, 0.1) is 17.3 Å². The van der Waals surface area contributed by atoms with E-state index >= 15 is 0 Å². The van der Waals surface area contributed by atoms with Crippen molar-refractivity contribution in [3.8, 4) is 0 Å². The third kappa shape index (κ3) is 2.43. The first-order chi connectivity index (χ1) is 7.61. The van der Waals surface area contributed by atoms with E-state index in [1.165, 1.54) is 38.5 Å². The second kappa shape index (κ2) is 4.66. The van der Waals surface area contributed by atoms with E-state index in [9.17, 15) is 0 Å². The molecular formula is C14H26O2. The Morgan fingerprint density at radius 3 is 2.81 bits per heavy atom. The van der Waals surface area contributed by atoms with Crippen molar-refractivity contribution in [1.82, 2.24) is 0 Å². The van der Waals surface area contributed by atoms with Crippen molar-refractivity contribution in [3.63, 3.8) is 0 Å². The molecule has 0 aliphatic carbocycles. The van der Waals surface area contributed by atoms with E-state index in [1.807, 2.05) is 7.11 Å². The normalized spacial score (nSPS) is 43.3. The highest BCUT2D eigenvalue weighted by molar-refractivity contribution is 4.99. The summed E-state index contributed by atoms with van der Waals surface area (Å²) in [5, 5.41) is 0. The van der Waals surface area contributed by atoms with E-state index in [0.717, 1.165) is 12.8 Å². The van der Waals surface area contributed by atoms with Crippen molar-refractivity contribution in [2.24, 2.45) is 0 Å². The summed E-state index contributed by atoms with van der Waals surface area (Å²) in [4.78, 5) is 0. The van der Waals surface area contributed by atoms with Crippen molar-refractivity contribution in [2.45, 2.75) is 82.5 Å². The van der Waals surface area contributed by atoms with Gasteiger partial charge in [-0.2, -0.15) is 0 Å². The number of methoxy groups -OCH3 is 1. The standard InChI is InChI=1S/C14H26O2/c1-4-5-8-14-9-6-7-13(2,16-14)10-12(11-14)15-3/h12H,4-11H2,1-3H3/t12-,13-,14+/m1/s1. The number of fused-ring (bicyclic) bond motifs is 2. The summed E-state index contributed by atoms with van der Waals surface area (Å²) < 4.78 is 12.1. The average molecular weight is 226 g/mol. The van der Waals surface area contributed by atoms with Crippen LogP contribution in [0.3, 0.4) is 0 Å². The quantitative estimate of drug-likeness (QED) is 0.728. The van der Waals surface area contributed by atoms with E-state index in [-0.39, 0.29) is 11.2 Å². The van der Waals surface area contributed by atoms with Gasteiger partial charge in [-0.3, -0.25) is 0 Å². The lowest BCUT2D eigenvalue weighted by Gasteiger charge is -2.53. The predicted octanol–water partition coefficient (Wildman–Crippen LogP) is 3.68. The topological polar surface area (TPSA) is 18.5 Å². The molecule has 2 heteroatoms. The molecule has 0 unspecified atom stereocenters. The summed E-state index contributed by atoms with van der Waals surface area (Å²) in [7, 11) is 1.85. The van der Waals surface area contributed by atoms with E-state index in [4.69, 9.17) is 9.47 Å². The van der Waals surface area contributed by atoms with Gasteiger partial charge in [0, 0.05) is 20.0 Å². The van der Waals surface area contributed by atoms with E-state index in [0.29, 0.717) is 6.10 Å². The second-order valence-corrected chi connectivity index (χ2v) is 5.96. The largest absolute Gasteiger partial charge is 0.381 e. The van der Waals surface area contributed by atoms with Gasteiger partial charge < -0.3 is 9.47 Å². The summed E-state index contributed by atoms with van der Waals surface area (Å²) in [5.74, 6) is 0. The SMILES string of the molecule is CCCC[C@]12CCC[C@](C)(C[C@@H](OC)C1)O2. The van der Waals surface area contributed by atoms with E-state index in [1.54, 1.807) is 0 Å². The minimum atomic E-state index is 0.0882. The zero-order chi connectivity index (χ0) is 11.6. The molecule has 2 nitrogen and oxygen atoms in total. The van der Waals surface area contributed by atoms with Crippen molar-refractivity contribution in [3.05, 3.63) is 0 Å². The molecule has 2 rings (SSSR count). The molecule has 0 aromatic heterocycles. The minimum Gasteiger partial charge on any atom is -0.381 e. The van der Waals surface area contributed by atoms with Gasteiger partial charge in [-0.25, -0.2) is 0 Å². The predicted molar refractivity (Wildman–Crippen MR) is 65.6 cm³/mol. The van der Waals surface area contributed by atoms with Crippen LogP contribution in [0.1, 0.15) is 65.2 Å². The first-order valence-corrected chi connectivity index (χ1v) is 6.84. The molecule has 0 amide bonds. The molecular weight excluding hydrogens is 200 g/mol. The lowest BCUT2D eigenvalue weighted by molar-refractivity contribution is -0.243. The van der Waals surface area contributed by atoms with Gasteiger partial charge in [0.15, 0.2) is 0 Å².